The fraction of sp³-hybridized carbons (Fsp3) is 0.257. The quantitative estimate of drug-likeness (QED) is 0.137. The molecule has 4 aromatic rings. The molecule has 11 heteroatoms. The number of benzene rings is 4. The van der Waals surface area contributed by atoms with Crippen molar-refractivity contribution in [3.05, 3.63) is 129 Å². The Labute approximate surface area is 286 Å². The van der Waals surface area contributed by atoms with Crippen molar-refractivity contribution in [1.29, 1.82) is 0 Å². The molecule has 0 aliphatic rings. The highest BCUT2D eigenvalue weighted by molar-refractivity contribution is 7.92. The van der Waals surface area contributed by atoms with Crippen molar-refractivity contribution in [2.75, 3.05) is 17.4 Å². The van der Waals surface area contributed by atoms with E-state index >= 15 is 0 Å². The first-order valence-electron chi connectivity index (χ1n) is 14.9. The van der Waals surface area contributed by atoms with Crippen LogP contribution in [0.15, 0.2) is 102 Å². The second-order valence-corrected chi connectivity index (χ2v) is 14.0. The third-order valence-electron chi connectivity index (χ3n) is 7.52. The summed E-state index contributed by atoms with van der Waals surface area (Å²) in [4.78, 5) is 29.8. The number of hydrogen-bond acceptors (Lipinski definition) is 4. The van der Waals surface area contributed by atoms with Crippen LogP contribution in [0.3, 0.4) is 0 Å². The van der Waals surface area contributed by atoms with E-state index < -0.39 is 28.5 Å². The van der Waals surface area contributed by atoms with Gasteiger partial charge in [-0.25, -0.2) is 8.42 Å². The number of nitrogens with zero attached hydrogens (tertiary/aromatic N) is 2. The SMILES string of the molecule is CCCCNC(=O)C(Cc1ccccc1)N(Cc1ccc(Cl)cc1Cl)C(=O)CN(c1ccccc1C)S(=O)(=O)c1ccc(Cl)cc1. The molecule has 0 saturated heterocycles. The van der Waals surface area contributed by atoms with Crippen LogP contribution in [0.1, 0.15) is 36.5 Å². The second kappa shape index (κ2) is 16.3. The topological polar surface area (TPSA) is 86.8 Å². The molecule has 0 bridgehead atoms. The van der Waals surface area contributed by atoms with Gasteiger partial charge in [-0.05, 0) is 72.5 Å². The number of hydrogen-bond donors (Lipinski definition) is 1. The number of para-hydroxylation sites is 1. The molecule has 0 saturated carbocycles. The number of sulfonamides is 1. The molecule has 7 nitrogen and oxygen atoms in total. The van der Waals surface area contributed by atoms with Crippen molar-refractivity contribution in [1.82, 2.24) is 10.2 Å². The Bertz CT molecular complexity index is 1750. The molecule has 1 unspecified atom stereocenters. The maximum absolute atomic E-state index is 14.6. The number of nitrogens with one attached hydrogen (secondary N) is 1. The number of carbonyl (C=O) groups excluding carboxylic acids is 2. The third-order valence-corrected chi connectivity index (χ3v) is 10.1. The minimum Gasteiger partial charge on any atom is -0.354 e. The number of amides is 2. The molecule has 2 amide bonds. The molecule has 0 aromatic heterocycles. The van der Waals surface area contributed by atoms with Gasteiger partial charge in [-0.1, -0.05) is 103 Å². The highest BCUT2D eigenvalue weighted by Crippen LogP contribution is 2.29. The zero-order valence-electron chi connectivity index (χ0n) is 25.6. The fourth-order valence-electron chi connectivity index (χ4n) is 4.98. The van der Waals surface area contributed by atoms with E-state index in [0.717, 1.165) is 22.7 Å². The molecule has 0 spiro atoms. The molecule has 1 atom stereocenters. The van der Waals surface area contributed by atoms with Crippen molar-refractivity contribution in [2.45, 2.75) is 50.6 Å². The molecule has 0 aliphatic carbocycles. The van der Waals surface area contributed by atoms with Crippen molar-refractivity contribution in [2.24, 2.45) is 0 Å². The molecule has 0 fully saturated rings. The van der Waals surface area contributed by atoms with Gasteiger partial charge < -0.3 is 10.2 Å². The Kier molecular flexibility index (Phi) is 12.5. The second-order valence-electron chi connectivity index (χ2n) is 10.9. The molecule has 0 radical (unpaired) electrons. The van der Waals surface area contributed by atoms with Gasteiger partial charge in [-0.3, -0.25) is 13.9 Å². The van der Waals surface area contributed by atoms with Crippen LogP contribution in [0.2, 0.25) is 15.1 Å². The summed E-state index contributed by atoms with van der Waals surface area (Å²) in [6.45, 7) is 3.59. The van der Waals surface area contributed by atoms with Crippen LogP contribution in [-0.2, 0) is 32.6 Å². The molecular formula is C35H36Cl3N3O4S. The molecule has 0 heterocycles. The van der Waals surface area contributed by atoms with Gasteiger partial charge in [-0.2, -0.15) is 0 Å². The summed E-state index contributed by atoms with van der Waals surface area (Å²) < 4.78 is 29.4. The highest BCUT2D eigenvalue weighted by atomic mass is 35.5. The first-order valence-corrected chi connectivity index (χ1v) is 17.5. The smallest absolute Gasteiger partial charge is 0.264 e. The van der Waals surface area contributed by atoms with Crippen LogP contribution in [0.25, 0.3) is 0 Å². The minimum absolute atomic E-state index is 0.0293. The average Bonchev–Trinajstić information content (AvgIpc) is 3.03. The summed E-state index contributed by atoms with van der Waals surface area (Å²) in [5.41, 5.74) is 2.38. The normalized spacial score (nSPS) is 11.9. The maximum atomic E-state index is 14.6. The van der Waals surface area contributed by atoms with Gasteiger partial charge in [0.2, 0.25) is 11.8 Å². The van der Waals surface area contributed by atoms with E-state index in [0.29, 0.717) is 38.4 Å². The average molecular weight is 701 g/mol. The fourth-order valence-corrected chi connectivity index (χ4v) is 7.06. The van der Waals surface area contributed by atoms with Crippen LogP contribution in [0.4, 0.5) is 5.69 Å². The predicted molar refractivity (Wildman–Crippen MR) is 186 cm³/mol. The van der Waals surface area contributed by atoms with Gasteiger partial charge in [0.15, 0.2) is 0 Å². The number of unbranched alkanes of at least 4 members (excludes halogenated alkanes) is 1. The van der Waals surface area contributed by atoms with Crippen molar-refractivity contribution >= 4 is 62.3 Å². The van der Waals surface area contributed by atoms with Gasteiger partial charge in [0.1, 0.15) is 12.6 Å². The maximum Gasteiger partial charge on any atom is 0.264 e. The van der Waals surface area contributed by atoms with E-state index in [4.69, 9.17) is 34.8 Å². The van der Waals surface area contributed by atoms with E-state index in [9.17, 15) is 18.0 Å². The van der Waals surface area contributed by atoms with E-state index in [1.807, 2.05) is 37.3 Å². The zero-order valence-corrected chi connectivity index (χ0v) is 28.7. The standard InChI is InChI=1S/C35H36Cl3N3O4S/c1-3-4-20-39-35(43)33(21-26-11-6-5-7-12-26)40(23-27-14-15-29(37)22-31(27)38)34(42)24-41(32-13-9-8-10-25(32)2)46(44,45)30-18-16-28(36)17-19-30/h5-19,22,33H,3-4,20-21,23-24H2,1-2H3,(H,39,43). The number of rotatable bonds is 14. The highest BCUT2D eigenvalue weighted by Gasteiger charge is 2.35. The Morgan fingerprint density at radius 2 is 1.50 bits per heavy atom. The van der Waals surface area contributed by atoms with Gasteiger partial charge in [0.25, 0.3) is 10.0 Å². The lowest BCUT2D eigenvalue weighted by molar-refractivity contribution is -0.140. The Morgan fingerprint density at radius 3 is 2.15 bits per heavy atom. The first kappa shape index (κ1) is 35.3. The van der Waals surface area contributed by atoms with Crippen LogP contribution in [0.5, 0.6) is 0 Å². The largest absolute Gasteiger partial charge is 0.354 e. The minimum atomic E-state index is -4.25. The van der Waals surface area contributed by atoms with Crippen molar-refractivity contribution in [3.63, 3.8) is 0 Å². The summed E-state index contributed by atoms with van der Waals surface area (Å²) in [5, 5.41) is 4.09. The van der Waals surface area contributed by atoms with E-state index in [1.54, 1.807) is 49.4 Å². The van der Waals surface area contributed by atoms with E-state index in [2.05, 4.69) is 5.32 Å². The number of carbonyl (C=O) groups is 2. The number of aryl methyl sites for hydroxylation is 1. The lowest BCUT2D eigenvalue weighted by atomic mass is 10.0. The van der Waals surface area contributed by atoms with Crippen LogP contribution in [-0.4, -0.2) is 44.3 Å². The Morgan fingerprint density at radius 1 is 0.848 bits per heavy atom. The zero-order chi connectivity index (χ0) is 33.3. The molecule has 46 heavy (non-hydrogen) atoms. The van der Waals surface area contributed by atoms with Crippen molar-refractivity contribution in [3.8, 4) is 0 Å². The predicted octanol–water partition coefficient (Wildman–Crippen LogP) is 7.71. The van der Waals surface area contributed by atoms with Gasteiger partial charge in [0, 0.05) is 34.6 Å². The van der Waals surface area contributed by atoms with Crippen molar-refractivity contribution < 1.29 is 18.0 Å². The molecule has 4 aromatic carbocycles. The monoisotopic (exact) mass is 699 g/mol. The Balaban J connectivity index is 1.82. The van der Waals surface area contributed by atoms with Crippen LogP contribution < -0.4 is 9.62 Å². The summed E-state index contributed by atoms with van der Waals surface area (Å²) in [6.07, 6.45) is 1.84. The summed E-state index contributed by atoms with van der Waals surface area (Å²) in [5.74, 6) is -0.933. The molecular weight excluding hydrogens is 665 g/mol. The molecule has 4 rings (SSSR count). The molecule has 242 valence electrons. The first-order chi connectivity index (χ1) is 22.0. The Hall–Kier alpha value is -3.56. The molecule has 0 aliphatic heterocycles. The van der Waals surface area contributed by atoms with Crippen LogP contribution in [0, 0.1) is 6.92 Å². The summed E-state index contributed by atoms with van der Waals surface area (Å²) in [6, 6.07) is 26.0. The summed E-state index contributed by atoms with van der Waals surface area (Å²) >= 11 is 18.8. The lowest BCUT2D eigenvalue weighted by Crippen LogP contribution is -2.53. The molecule has 1 N–H and O–H groups in total. The van der Waals surface area contributed by atoms with E-state index in [1.165, 1.54) is 29.2 Å². The third kappa shape index (κ3) is 9.04. The van der Waals surface area contributed by atoms with E-state index in [-0.39, 0.29) is 23.8 Å². The van der Waals surface area contributed by atoms with Gasteiger partial charge >= 0.3 is 0 Å². The van der Waals surface area contributed by atoms with Gasteiger partial charge in [0.05, 0.1) is 10.6 Å². The summed E-state index contributed by atoms with van der Waals surface area (Å²) in [7, 11) is -4.25. The van der Waals surface area contributed by atoms with Crippen LogP contribution >= 0.6 is 34.8 Å². The van der Waals surface area contributed by atoms with Gasteiger partial charge in [-0.15, -0.1) is 0 Å². The number of halogens is 3. The number of anilines is 1. The lowest BCUT2D eigenvalue weighted by Gasteiger charge is -2.34.